The van der Waals surface area contributed by atoms with Crippen molar-refractivity contribution < 1.29 is 4.79 Å². The Balaban J connectivity index is 1.38. The van der Waals surface area contributed by atoms with Crippen LogP contribution >= 0.6 is 23.1 Å². The van der Waals surface area contributed by atoms with Gasteiger partial charge in [-0.3, -0.25) is 4.79 Å². The topological polar surface area (TPSA) is 41.1 Å². The lowest BCUT2D eigenvalue weighted by molar-refractivity contribution is 0.0931. The molecule has 3 atom stereocenters. The highest BCUT2D eigenvalue weighted by atomic mass is 32.2. The minimum absolute atomic E-state index is 0.0490. The molecule has 2 fully saturated rings. The summed E-state index contributed by atoms with van der Waals surface area (Å²) in [6, 6.07) is 13.6. The number of nitrogens with one attached hydrogen (secondary N) is 2. The number of benzene rings is 1. The van der Waals surface area contributed by atoms with Gasteiger partial charge in [-0.05, 0) is 62.6 Å². The highest BCUT2D eigenvalue weighted by Gasteiger charge is 2.39. The highest BCUT2D eigenvalue weighted by Crippen LogP contribution is 2.33. The summed E-state index contributed by atoms with van der Waals surface area (Å²) < 4.78 is 1.28. The summed E-state index contributed by atoms with van der Waals surface area (Å²) in [6.07, 6.45) is 3.51. The van der Waals surface area contributed by atoms with Crippen molar-refractivity contribution in [1.82, 2.24) is 10.6 Å². The van der Waals surface area contributed by atoms with Crippen LogP contribution in [0.2, 0.25) is 0 Å². The summed E-state index contributed by atoms with van der Waals surface area (Å²) in [7, 11) is 0. The number of amides is 1. The Kier molecular flexibility index (Phi) is 4.18. The van der Waals surface area contributed by atoms with Gasteiger partial charge in [-0.2, -0.15) is 0 Å². The van der Waals surface area contributed by atoms with Crippen molar-refractivity contribution in [3.63, 3.8) is 0 Å². The van der Waals surface area contributed by atoms with Crippen molar-refractivity contribution in [2.75, 3.05) is 0 Å². The van der Waals surface area contributed by atoms with Crippen molar-refractivity contribution in [1.29, 1.82) is 0 Å². The SMILES string of the molecule is Cc1ccc(Sc2ccc(C(=O)NC3CC4CCC3N4)cc2)s1. The maximum atomic E-state index is 12.4. The van der Waals surface area contributed by atoms with Gasteiger partial charge in [0.15, 0.2) is 0 Å². The zero-order valence-electron chi connectivity index (χ0n) is 13.0. The predicted octanol–water partition coefficient (Wildman–Crippen LogP) is 3.83. The van der Waals surface area contributed by atoms with Crippen molar-refractivity contribution >= 4 is 29.0 Å². The molecule has 0 spiro atoms. The Morgan fingerprint density at radius 3 is 2.65 bits per heavy atom. The first kappa shape index (κ1) is 15.2. The third kappa shape index (κ3) is 3.32. The van der Waals surface area contributed by atoms with E-state index in [0.29, 0.717) is 18.1 Å². The van der Waals surface area contributed by atoms with Gasteiger partial charge in [-0.15, -0.1) is 11.3 Å². The summed E-state index contributed by atoms with van der Waals surface area (Å²) in [5.74, 6) is 0.0490. The monoisotopic (exact) mass is 344 g/mol. The van der Waals surface area contributed by atoms with Gasteiger partial charge in [0.1, 0.15) is 0 Å². The maximum Gasteiger partial charge on any atom is 0.251 e. The van der Waals surface area contributed by atoms with Gasteiger partial charge in [-0.25, -0.2) is 0 Å². The summed E-state index contributed by atoms with van der Waals surface area (Å²) in [4.78, 5) is 14.9. The van der Waals surface area contributed by atoms with Crippen LogP contribution in [-0.4, -0.2) is 24.0 Å². The number of thiophene rings is 1. The van der Waals surface area contributed by atoms with Crippen molar-refractivity contribution in [2.45, 2.75) is 53.4 Å². The Morgan fingerprint density at radius 1 is 1.22 bits per heavy atom. The molecule has 4 rings (SSSR count). The quantitative estimate of drug-likeness (QED) is 0.886. The molecular formula is C18H20N2OS2. The van der Waals surface area contributed by atoms with Gasteiger partial charge in [-0.1, -0.05) is 11.8 Å². The molecule has 2 aliphatic rings. The van der Waals surface area contributed by atoms with E-state index in [2.05, 4.69) is 29.7 Å². The third-order valence-corrected chi connectivity index (χ3v) is 6.81. The van der Waals surface area contributed by atoms with E-state index in [1.165, 1.54) is 26.8 Å². The van der Waals surface area contributed by atoms with E-state index in [-0.39, 0.29) is 5.91 Å². The average molecular weight is 345 g/mol. The molecule has 2 saturated heterocycles. The first-order chi connectivity index (χ1) is 11.2. The van der Waals surface area contributed by atoms with E-state index in [9.17, 15) is 4.79 Å². The second kappa shape index (κ2) is 6.30. The van der Waals surface area contributed by atoms with Gasteiger partial charge in [0.25, 0.3) is 5.91 Å². The number of aryl methyl sites for hydroxylation is 1. The molecule has 3 heterocycles. The third-order valence-electron chi connectivity index (χ3n) is 4.67. The van der Waals surface area contributed by atoms with E-state index in [1.54, 1.807) is 23.1 Å². The van der Waals surface area contributed by atoms with Crippen molar-refractivity contribution in [3.05, 3.63) is 46.8 Å². The number of hydrogen-bond donors (Lipinski definition) is 2. The lowest BCUT2D eigenvalue weighted by atomic mass is 9.95. The van der Waals surface area contributed by atoms with Crippen LogP contribution in [0.15, 0.2) is 45.5 Å². The van der Waals surface area contributed by atoms with Crippen LogP contribution in [0.1, 0.15) is 34.5 Å². The molecular weight excluding hydrogens is 324 g/mol. The van der Waals surface area contributed by atoms with Gasteiger partial charge < -0.3 is 10.6 Å². The number of carbonyl (C=O) groups excluding carboxylic acids is 1. The molecule has 1 amide bonds. The first-order valence-electron chi connectivity index (χ1n) is 8.09. The van der Waals surface area contributed by atoms with Crippen LogP contribution in [-0.2, 0) is 0 Å². The zero-order chi connectivity index (χ0) is 15.8. The average Bonchev–Trinajstić information content (AvgIpc) is 3.25. The molecule has 0 radical (unpaired) electrons. The fraction of sp³-hybridized carbons (Fsp3) is 0.389. The lowest BCUT2D eigenvalue weighted by Crippen LogP contribution is -2.42. The molecule has 0 aliphatic carbocycles. The molecule has 2 bridgehead atoms. The Morgan fingerprint density at radius 2 is 2.04 bits per heavy atom. The van der Waals surface area contributed by atoms with E-state index in [4.69, 9.17) is 0 Å². The molecule has 3 unspecified atom stereocenters. The fourth-order valence-corrected chi connectivity index (χ4v) is 5.57. The summed E-state index contributed by atoms with van der Waals surface area (Å²) in [6.45, 7) is 2.12. The van der Waals surface area contributed by atoms with E-state index in [1.807, 2.05) is 24.3 Å². The van der Waals surface area contributed by atoms with Crippen LogP contribution in [0.3, 0.4) is 0 Å². The van der Waals surface area contributed by atoms with Gasteiger partial charge in [0, 0.05) is 33.5 Å². The van der Waals surface area contributed by atoms with Gasteiger partial charge >= 0.3 is 0 Å². The molecule has 2 N–H and O–H groups in total. The standard InChI is InChI=1S/C18H20N2OS2/c1-11-2-9-17(22-11)23-14-6-3-12(4-7-14)18(21)20-16-10-13-5-8-15(16)19-13/h2-4,6-7,9,13,15-16,19H,5,8,10H2,1H3,(H,20,21). The number of carbonyl (C=O) groups is 1. The first-order valence-corrected chi connectivity index (χ1v) is 9.72. The molecule has 2 aliphatic heterocycles. The fourth-order valence-electron chi connectivity index (χ4n) is 3.49. The normalized spacial score (nSPS) is 25.7. The molecule has 1 aromatic heterocycles. The molecule has 23 heavy (non-hydrogen) atoms. The smallest absolute Gasteiger partial charge is 0.251 e. The van der Waals surface area contributed by atoms with Crippen LogP contribution in [0.5, 0.6) is 0 Å². The van der Waals surface area contributed by atoms with Crippen LogP contribution in [0.4, 0.5) is 0 Å². The molecule has 1 aromatic carbocycles. The predicted molar refractivity (Wildman–Crippen MR) is 95.4 cm³/mol. The molecule has 5 heteroatoms. The van der Waals surface area contributed by atoms with Crippen LogP contribution < -0.4 is 10.6 Å². The summed E-state index contributed by atoms with van der Waals surface area (Å²) in [5, 5.41) is 6.75. The Labute approximate surface area is 144 Å². The number of hydrogen-bond acceptors (Lipinski definition) is 4. The largest absolute Gasteiger partial charge is 0.348 e. The van der Waals surface area contributed by atoms with Crippen molar-refractivity contribution in [2.24, 2.45) is 0 Å². The zero-order valence-corrected chi connectivity index (χ0v) is 14.7. The van der Waals surface area contributed by atoms with Crippen molar-refractivity contribution in [3.8, 4) is 0 Å². The maximum absolute atomic E-state index is 12.4. The molecule has 3 nitrogen and oxygen atoms in total. The molecule has 120 valence electrons. The summed E-state index contributed by atoms with van der Waals surface area (Å²) >= 11 is 3.55. The minimum atomic E-state index is 0.0490. The lowest BCUT2D eigenvalue weighted by Gasteiger charge is -2.21. The molecule has 2 aromatic rings. The summed E-state index contributed by atoms with van der Waals surface area (Å²) in [5.41, 5.74) is 0.750. The number of fused-ring (bicyclic) bond motifs is 2. The van der Waals surface area contributed by atoms with E-state index >= 15 is 0 Å². The van der Waals surface area contributed by atoms with E-state index in [0.717, 1.165) is 12.0 Å². The Bertz CT molecular complexity index is 710. The van der Waals surface area contributed by atoms with Crippen LogP contribution in [0, 0.1) is 6.92 Å². The van der Waals surface area contributed by atoms with Gasteiger partial charge in [0.2, 0.25) is 0 Å². The minimum Gasteiger partial charge on any atom is -0.348 e. The van der Waals surface area contributed by atoms with E-state index < -0.39 is 0 Å². The number of rotatable bonds is 4. The van der Waals surface area contributed by atoms with Crippen LogP contribution in [0.25, 0.3) is 0 Å². The van der Waals surface area contributed by atoms with Gasteiger partial charge in [0.05, 0.1) is 4.21 Å². The Hall–Kier alpha value is -1.30. The second-order valence-electron chi connectivity index (χ2n) is 6.35. The second-order valence-corrected chi connectivity index (χ2v) is 9.02. The highest BCUT2D eigenvalue weighted by molar-refractivity contribution is 8.01. The molecule has 0 saturated carbocycles.